The lowest BCUT2D eigenvalue weighted by Gasteiger charge is -2.33. The van der Waals surface area contributed by atoms with Gasteiger partial charge in [-0.15, -0.1) is 0 Å². The highest BCUT2D eigenvalue weighted by Crippen LogP contribution is 2.36. The molecule has 1 rings (SSSR count). The van der Waals surface area contributed by atoms with E-state index in [9.17, 15) is 35.9 Å². The highest BCUT2D eigenvalue weighted by atomic mass is 19.4. The topological polar surface area (TPSA) is 67.9 Å². The predicted octanol–water partition coefficient (Wildman–Crippen LogP) is 3.61. The number of likely N-dealkylation sites (tertiary alicyclic amines) is 1. The van der Waals surface area contributed by atoms with Gasteiger partial charge in [-0.05, 0) is 33.6 Å². The first kappa shape index (κ1) is 22.2. The van der Waals surface area contributed by atoms with Crippen LogP contribution in [0.1, 0.15) is 33.6 Å². The molecule has 0 spiro atoms. The first-order chi connectivity index (χ1) is 11.6. The number of carbonyl (C=O) groups is 2. The lowest BCUT2D eigenvalue weighted by atomic mass is 10.1. The van der Waals surface area contributed by atoms with Crippen molar-refractivity contribution in [2.75, 3.05) is 13.1 Å². The lowest BCUT2D eigenvalue weighted by Crippen LogP contribution is -2.51. The smallest absolute Gasteiger partial charge is 0.434 e. The van der Waals surface area contributed by atoms with Gasteiger partial charge in [0.2, 0.25) is 0 Å². The number of nitrogens with one attached hydrogen (secondary N) is 1. The molecule has 1 heterocycles. The Morgan fingerprint density at radius 2 is 1.46 bits per heavy atom. The van der Waals surface area contributed by atoms with Gasteiger partial charge >= 0.3 is 24.5 Å². The van der Waals surface area contributed by atoms with Crippen LogP contribution in [-0.2, 0) is 9.47 Å². The van der Waals surface area contributed by atoms with E-state index in [0.29, 0.717) is 0 Å². The number of alkyl carbamates (subject to hydrolysis) is 1. The number of carbonyl (C=O) groups excluding carboxylic acids is 2. The Labute approximate surface area is 145 Å². The minimum absolute atomic E-state index is 0.136. The Morgan fingerprint density at radius 3 is 1.85 bits per heavy atom. The second kappa shape index (κ2) is 7.78. The number of nitrogens with zero attached hydrogens (tertiary/aromatic N) is 1. The van der Waals surface area contributed by atoms with Crippen molar-refractivity contribution >= 4 is 12.2 Å². The molecule has 0 aromatic rings. The van der Waals surface area contributed by atoms with Crippen molar-refractivity contribution in [2.24, 2.45) is 0 Å². The Morgan fingerprint density at radius 1 is 1.00 bits per heavy atom. The summed E-state index contributed by atoms with van der Waals surface area (Å²) in [5.41, 5.74) is -0.723. The highest BCUT2D eigenvalue weighted by molar-refractivity contribution is 5.69. The van der Waals surface area contributed by atoms with Gasteiger partial charge in [-0.3, -0.25) is 0 Å². The minimum Gasteiger partial charge on any atom is -0.444 e. The standard InChI is InChI=1S/C14H20F6N2O4/c1-12(2,3)26-10(23)21-8-4-6-22(7-5-8)11(24)25-9(13(15,16)17)14(18,19)20/h8-9H,4-7H2,1-3H3,(H,21,23). The van der Waals surface area contributed by atoms with Crippen molar-refractivity contribution in [1.82, 2.24) is 10.2 Å². The fourth-order valence-corrected chi connectivity index (χ4v) is 2.18. The van der Waals surface area contributed by atoms with E-state index in [4.69, 9.17) is 4.74 Å². The first-order valence-corrected chi connectivity index (χ1v) is 7.68. The van der Waals surface area contributed by atoms with Crippen LogP contribution in [0.5, 0.6) is 0 Å². The molecule has 0 saturated carbocycles. The van der Waals surface area contributed by atoms with Crippen LogP contribution in [0.4, 0.5) is 35.9 Å². The second-order valence-electron chi connectivity index (χ2n) is 6.75. The molecule has 12 heteroatoms. The van der Waals surface area contributed by atoms with E-state index in [0.717, 1.165) is 4.90 Å². The fourth-order valence-electron chi connectivity index (χ4n) is 2.18. The Kier molecular flexibility index (Phi) is 6.64. The molecule has 1 N–H and O–H groups in total. The van der Waals surface area contributed by atoms with Crippen LogP contribution < -0.4 is 5.32 Å². The van der Waals surface area contributed by atoms with Gasteiger partial charge in [-0.25, -0.2) is 9.59 Å². The average Bonchev–Trinajstić information content (AvgIpc) is 2.40. The number of hydrogen-bond donors (Lipinski definition) is 1. The molecule has 0 aliphatic carbocycles. The van der Waals surface area contributed by atoms with E-state index in [1.165, 1.54) is 0 Å². The monoisotopic (exact) mass is 394 g/mol. The van der Waals surface area contributed by atoms with Crippen LogP contribution in [-0.4, -0.2) is 60.3 Å². The van der Waals surface area contributed by atoms with Crippen LogP contribution in [0.15, 0.2) is 0 Å². The SMILES string of the molecule is CC(C)(C)OC(=O)NC1CCN(C(=O)OC(C(F)(F)F)C(F)(F)F)CC1. The van der Waals surface area contributed by atoms with Crippen LogP contribution in [0.3, 0.4) is 0 Å². The predicted molar refractivity (Wildman–Crippen MR) is 76.3 cm³/mol. The largest absolute Gasteiger partial charge is 0.444 e. The number of rotatable bonds is 2. The van der Waals surface area contributed by atoms with Crippen molar-refractivity contribution < 1.29 is 45.4 Å². The molecule has 0 bridgehead atoms. The van der Waals surface area contributed by atoms with Gasteiger partial charge in [-0.2, -0.15) is 26.3 Å². The van der Waals surface area contributed by atoms with Gasteiger partial charge in [0.25, 0.3) is 6.10 Å². The number of hydrogen-bond acceptors (Lipinski definition) is 4. The molecule has 152 valence electrons. The zero-order chi connectivity index (χ0) is 20.3. The zero-order valence-electron chi connectivity index (χ0n) is 14.3. The van der Waals surface area contributed by atoms with E-state index in [1.54, 1.807) is 20.8 Å². The molecule has 2 amide bonds. The second-order valence-corrected chi connectivity index (χ2v) is 6.75. The zero-order valence-corrected chi connectivity index (χ0v) is 14.3. The summed E-state index contributed by atoms with van der Waals surface area (Å²) in [5.74, 6) is 0. The summed E-state index contributed by atoms with van der Waals surface area (Å²) < 4.78 is 83.1. The minimum atomic E-state index is -5.76. The maximum Gasteiger partial charge on any atom is 0.434 e. The van der Waals surface area contributed by atoms with Crippen LogP contribution in [0.25, 0.3) is 0 Å². The molecule has 0 atom stereocenters. The molecule has 1 aliphatic rings. The van der Waals surface area contributed by atoms with E-state index < -0.39 is 42.3 Å². The summed E-state index contributed by atoms with van der Waals surface area (Å²) in [5, 5.41) is 2.52. The van der Waals surface area contributed by atoms with Gasteiger partial charge < -0.3 is 19.7 Å². The summed E-state index contributed by atoms with van der Waals surface area (Å²) in [6.07, 6.45) is -17.8. The van der Waals surface area contributed by atoms with Crippen LogP contribution >= 0.6 is 0 Å². The maximum atomic E-state index is 12.4. The molecule has 6 nitrogen and oxygen atoms in total. The molecular formula is C14H20F6N2O4. The van der Waals surface area contributed by atoms with E-state index in [-0.39, 0.29) is 25.9 Å². The van der Waals surface area contributed by atoms with Crippen molar-refractivity contribution in [3.05, 3.63) is 0 Å². The van der Waals surface area contributed by atoms with Crippen LogP contribution in [0, 0.1) is 0 Å². The molecule has 0 aromatic heterocycles. The molecule has 0 radical (unpaired) electrons. The Balaban J connectivity index is 2.54. The highest BCUT2D eigenvalue weighted by Gasteiger charge is 2.60. The number of halogens is 6. The molecule has 26 heavy (non-hydrogen) atoms. The molecule has 1 saturated heterocycles. The van der Waals surface area contributed by atoms with Crippen LogP contribution in [0.2, 0.25) is 0 Å². The summed E-state index contributed by atoms with van der Waals surface area (Å²) >= 11 is 0. The number of amides is 2. The van der Waals surface area contributed by atoms with Gasteiger partial charge in [0, 0.05) is 19.1 Å². The quantitative estimate of drug-likeness (QED) is 0.727. The molecule has 0 unspecified atom stereocenters. The number of alkyl halides is 6. The van der Waals surface area contributed by atoms with Crippen molar-refractivity contribution in [3.8, 4) is 0 Å². The van der Waals surface area contributed by atoms with Gasteiger partial charge in [0.15, 0.2) is 0 Å². The summed E-state index contributed by atoms with van der Waals surface area (Å²) in [6, 6.07) is -0.421. The number of piperidine rings is 1. The van der Waals surface area contributed by atoms with Gasteiger partial charge in [0.05, 0.1) is 0 Å². The van der Waals surface area contributed by atoms with Crippen molar-refractivity contribution in [3.63, 3.8) is 0 Å². The van der Waals surface area contributed by atoms with E-state index in [2.05, 4.69) is 10.1 Å². The molecular weight excluding hydrogens is 374 g/mol. The third kappa shape index (κ3) is 7.16. The third-order valence-electron chi connectivity index (χ3n) is 3.29. The lowest BCUT2D eigenvalue weighted by molar-refractivity contribution is -0.308. The summed E-state index contributed by atoms with van der Waals surface area (Å²) in [4.78, 5) is 24.0. The van der Waals surface area contributed by atoms with E-state index >= 15 is 0 Å². The fraction of sp³-hybridized carbons (Fsp3) is 0.857. The third-order valence-corrected chi connectivity index (χ3v) is 3.29. The van der Waals surface area contributed by atoms with E-state index in [1.807, 2.05) is 0 Å². The first-order valence-electron chi connectivity index (χ1n) is 7.68. The number of ether oxygens (including phenoxy) is 2. The Bertz CT molecular complexity index is 493. The van der Waals surface area contributed by atoms with Gasteiger partial charge in [0.1, 0.15) is 5.60 Å². The normalized spacial score (nSPS) is 17.2. The summed E-state index contributed by atoms with van der Waals surface area (Å²) in [6.45, 7) is 4.64. The average molecular weight is 394 g/mol. The summed E-state index contributed by atoms with van der Waals surface area (Å²) in [7, 11) is 0. The maximum absolute atomic E-state index is 12.4. The Hall–Kier alpha value is -1.88. The van der Waals surface area contributed by atoms with Crippen molar-refractivity contribution in [1.29, 1.82) is 0 Å². The molecule has 0 aromatic carbocycles. The molecule has 1 aliphatic heterocycles. The molecule has 1 fully saturated rings. The van der Waals surface area contributed by atoms with Gasteiger partial charge in [-0.1, -0.05) is 0 Å². The van der Waals surface area contributed by atoms with Crippen molar-refractivity contribution in [2.45, 2.75) is 63.7 Å².